The van der Waals surface area contributed by atoms with E-state index in [1.807, 2.05) is 6.07 Å². The molecule has 0 saturated carbocycles. The number of carbonyl (C=O) groups excluding carboxylic acids is 1. The molecule has 25 heavy (non-hydrogen) atoms. The number of carbonyl (C=O) groups is 1. The molecule has 0 saturated heterocycles. The number of rotatable bonds is 3. The lowest BCUT2D eigenvalue weighted by Gasteiger charge is -2.12. The zero-order valence-corrected chi connectivity index (χ0v) is 12.2. The van der Waals surface area contributed by atoms with Crippen LogP contribution >= 0.6 is 0 Å². The smallest absolute Gasteiger partial charge is 0.419 e. The molecule has 10 heteroatoms. The Morgan fingerprint density at radius 1 is 1.32 bits per heavy atom. The number of aromatic nitrogens is 3. The van der Waals surface area contributed by atoms with E-state index in [-0.39, 0.29) is 16.8 Å². The van der Waals surface area contributed by atoms with E-state index in [1.54, 1.807) is 0 Å². The molecular formula is C15H7F3N4O3. The Kier molecular flexibility index (Phi) is 3.98. The van der Waals surface area contributed by atoms with Gasteiger partial charge < -0.3 is 9.26 Å². The molecule has 2 heterocycles. The molecule has 126 valence electrons. The predicted molar refractivity (Wildman–Crippen MR) is 74.7 cm³/mol. The maximum Gasteiger partial charge on any atom is 0.437 e. The van der Waals surface area contributed by atoms with Crippen molar-refractivity contribution in [1.29, 1.82) is 5.26 Å². The summed E-state index contributed by atoms with van der Waals surface area (Å²) >= 11 is 0. The van der Waals surface area contributed by atoms with Gasteiger partial charge in [0, 0.05) is 0 Å². The summed E-state index contributed by atoms with van der Waals surface area (Å²) in [4.78, 5) is 11.8. The summed E-state index contributed by atoms with van der Waals surface area (Å²) in [6.45, 7) is 0. The van der Waals surface area contributed by atoms with Gasteiger partial charge in [0.15, 0.2) is 11.4 Å². The van der Waals surface area contributed by atoms with Crippen LogP contribution in [0.4, 0.5) is 13.2 Å². The van der Waals surface area contributed by atoms with Crippen LogP contribution in [-0.4, -0.2) is 20.9 Å². The van der Waals surface area contributed by atoms with Crippen LogP contribution in [0.15, 0.2) is 47.4 Å². The Hall–Kier alpha value is -3.61. The SMILES string of the molecule is N#Cc1cccc(-n2ncc(OC(=O)c3cnoc3)c2C(F)(F)F)c1. The van der Waals surface area contributed by atoms with Crippen molar-refractivity contribution in [1.82, 2.24) is 14.9 Å². The standard InChI is InChI=1S/C15H7F3N4O3/c16-15(17,18)13-12(25-14(23)10-6-21-24-8-10)7-20-22(13)11-3-1-2-9(4-11)5-19/h1-4,6-8H. The first-order valence-electron chi connectivity index (χ1n) is 6.67. The van der Waals surface area contributed by atoms with Gasteiger partial charge in [0.05, 0.1) is 29.7 Å². The molecule has 0 unspecified atom stereocenters. The molecule has 0 aliphatic carbocycles. The average Bonchev–Trinajstić information content (AvgIpc) is 3.24. The highest BCUT2D eigenvalue weighted by Gasteiger charge is 2.40. The fourth-order valence-electron chi connectivity index (χ4n) is 2.04. The number of nitrogens with zero attached hydrogens (tertiary/aromatic N) is 4. The van der Waals surface area contributed by atoms with Crippen molar-refractivity contribution in [2.45, 2.75) is 6.18 Å². The highest BCUT2D eigenvalue weighted by Crippen LogP contribution is 2.38. The molecule has 0 aliphatic rings. The molecule has 3 aromatic rings. The second kappa shape index (κ2) is 6.12. The number of halogens is 3. The highest BCUT2D eigenvalue weighted by molar-refractivity contribution is 5.90. The fourth-order valence-corrected chi connectivity index (χ4v) is 2.04. The van der Waals surface area contributed by atoms with E-state index in [2.05, 4.69) is 14.8 Å². The minimum absolute atomic E-state index is 0.00125. The van der Waals surface area contributed by atoms with E-state index in [9.17, 15) is 18.0 Å². The van der Waals surface area contributed by atoms with Crippen molar-refractivity contribution >= 4 is 5.97 Å². The predicted octanol–water partition coefficient (Wildman–Crippen LogP) is 2.97. The molecule has 0 bridgehead atoms. The van der Waals surface area contributed by atoms with Crippen molar-refractivity contribution in [3.8, 4) is 17.5 Å². The van der Waals surface area contributed by atoms with Gasteiger partial charge in [-0.2, -0.15) is 23.5 Å². The van der Waals surface area contributed by atoms with Crippen LogP contribution in [-0.2, 0) is 6.18 Å². The minimum Gasteiger partial charge on any atom is -0.419 e. The van der Waals surface area contributed by atoms with Crippen molar-refractivity contribution < 1.29 is 27.2 Å². The lowest BCUT2D eigenvalue weighted by Crippen LogP contribution is -2.16. The zero-order chi connectivity index (χ0) is 18.0. The van der Waals surface area contributed by atoms with E-state index in [0.717, 1.165) is 18.7 Å². The van der Waals surface area contributed by atoms with Gasteiger partial charge >= 0.3 is 12.1 Å². The van der Waals surface area contributed by atoms with Gasteiger partial charge in [-0.1, -0.05) is 11.2 Å². The first-order chi connectivity index (χ1) is 11.9. The van der Waals surface area contributed by atoms with Crippen molar-refractivity contribution in [3.63, 3.8) is 0 Å². The molecular weight excluding hydrogens is 341 g/mol. The van der Waals surface area contributed by atoms with E-state index >= 15 is 0 Å². The molecule has 3 rings (SSSR count). The molecule has 0 atom stereocenters. The van der Waals surface area contributed by atoms with Crippen molar-refractivity contribution in [2.75, 3.05) is 0 Å². The van der Waals surface area contributed by atoms with Crippen molar-refractivity contribution in [2.24, 2.45) is 0 Å². The summed E-state index contributed by atoms with van der Waals surface area (Å²) in [5.41, 5.74) is -1.28. The first kappa shape index (κ1) is 16.3. The maximum absolute atomic E-state index is 13.5. The Morgan fingerprint density at radius 2 is 2.12 bits per heavy atom. The molecule has 0 fully saturated rings. The van der Waals surface area contributed by atoms with Gasteiger partial charge in [0.25, 0.3) is 0 Å². The molecule has 0 radical (unpaired) electrons. The van der Waals surface area contributed by atoms with Crippen LogP contribution in [0, 0.1) is 11.3 Å². The lowest BCUT2D eigenvalue weighted by atomic mass is 10.2. The van der Waals surface area contributed by atoms with Gasteiger partial charge in [-0.3, -0.25) is 0 Å². The third-order valence-corrected chi connectivity index (χ3v) is 3.09. The van der Waals surface area contributed by atoms with E-state index in [0.29, 0.717) is 4.68 Å². The number of benzene rings is 1. The summed E-state index contributed by atoms with van der Waals surface area (Å²) in [5.74, 6) is -1.85. The van der Waals surface area contributed by atoms with Crippen LogP contribution in [0.2, 0.25) is 0 Å². The Bertz CT molecular complexity index is 955. The monoisotopic (exact) mass is 348 g/mol. The minimum atomic E-state index is -4.86. The summed E-state index contributed by atoms with van der Waals surface area (Å²) in [6.07, 6.45) is -2.14. The molecule has 0 aliphatic heterocycles. The number of hydrogen-bond acceptors (Lipinski definition) is 6. The first-order valence-corrected chi connectivity index (χ1v) is 6.67. The molecule has 7 nitrogen and oxygen atoms in total. The van der Waals surface area contributed by atoms with Gasteiger partial charge in [-0.05, 0) is 18.2 Å². The Balaban J connectivity index is 2.05. The highest BCUT2D eigenvalue weighted by atomic mass is 19.4. The number of hydrogen-bond donors (Lipinski definition) is 0. The molecule has 2 aromatic heterocycles. The van der Waals surface area contributed by atoms with Gasteiger partial charge in [-0.25, -0.2) is 9.48 Å². The van der Waals surface area contributed by atoms with Gasteiger partial charge in [0.2, 0.25) is 0 Å². The molecule has 0 N–H and O–H groups in total. The third-order valence-electron chi connectivity index (χ3n) is 3.09. The zero-order valence-electron chi connectivity index (χ0n) is 12.2. The molecule has 0 spiro atoms. The summed E-state index contributed by atoms with van der Waals surface area (Å²) in [7, 11) is 0. The lowest BCUT2D eigenvalue weighted by molar-refractivity contribution is -0.143. The van der Waals surface area contributed by atoms with E-state index in [1.165, 1.54) is 24.3 Å². The number of ether oxygens (including phenoxy) is 1. The normalized spacial score (nSPS) is 11.1. The van der Waals surface area contributed by atoms with Gasteiger partial charge in [0.1, 0.15) is 11.8 Å². The molecule has 1 aromatic carbocycles. The van der Waals surface area contributed by atoms with Gasteiger partial charge in [-0.15, -0.1) is 0 Å². The Labute approximate surface area is 137 Å². The number of esters is 1. The quantitative estimate of drug-likeness (QED) is 0.676. The van der Waals surface area contributed by atoms with Crippen LogP contribution in [0.25, 0.3) is 5.69 Å². The maximum atomic E-state index is 13.5. The van der Waals surface area contributed by atoms with Crippen molar-refractivity contribution in [3.05, 3.63) is 59.7 Å². The number of nitriles is 1. The van der Waals surface area contributed by atoms with Crippen LogP contribution in [0.1, 0.15) is 21.6 Å². The largest absolute Gasteiger partial charge is 0.437 e. The Morgan fingerprint density at radius 3 is 2.76 bits per heavy atom. The second-order valence-electron chi connectivity index (χ2n) is 4.73. The van der Waals surface area contributed by atoms with E-state index < -0.39 is 23.6 Å². The third kappa shape index (κ3) is 3.20. The fraction of sp³-hybridized carbons (Fsp3) is 0.0667. The van der Waals surface area contributed by atoms with Crippen LogP contribution in [0.5, 0.6) is 5.75 Å². The van der Waals surface area contributed by atoms with E-state index in [4.69, 9.17) is 10.00 Å². The molecule has 0 amide bonds. The number of alkyl halides is 3. The summed E-state index contributed by atoms with van der Waals surface area (Å²) < 4.78 is 50.1. The summed E-state index contributed by atoms with van der Waals surface area (Å²) in [5, 5.41) is 15.8. The average molecular weight is 348 g/mol. The van der Waals surface area contributed by atoms with Crippen LogP contribution in [0.3, 0.4) is 0 Å². The second-order valence-corrected chi connectivity index (χ2v) is 4.73. The topological polar surface area (TPSA) is 93.9 Å². The summed E-state index contributed by atoms with van der Waals surface area (Å²) in [6, 6.07) is 7.25. The van der Waals surface area contributed by atoms with Crippen LogP contribution < -0.4 is 4.74 Å².